The van der Waals surface area contributed by atoms with Crippen molar-refractivity contribution in [3.05, 3.63) is 109 Å². The summed E-state index contributed by atoms with van der Waals surface area (Å²) in [5.74, 6) is 4.44. The second kappa shape index (κ2) is 11.7. The Bertz CT molecular complexity index is 1030. The molecule has 0 N–H and O–H groups in total. The number of ether oxygens (including phenoxy) is 4. The molecule has 0 spiro atoms. The van der Waals surface area contributed by atoms with Crippen molar-refractivity contribution in [2.24, 2.45) is 0 Å². The van der Waals surface area contributed by atoms with Gasteiger partial charge in [-0.05, 0) is 72.8 Å². The molecule has 0 atom stereocenters. The largest absolute Gasteiger partial charge is 0.497 e. The molecular weight excluding hydrogens is 392 g/mol. The number of rotatable bonds is 7. The maximum absolute atomic E-state index is 10.1. The normalized spacial score (nSPS) is 9.58. The third-order valence-corrected chi connectivity index (χ3v) is 4.03. The highest BCUT2D eigenvalue weighted by Gasteiger charge is 1.98. The van der Waals surface area contributed by atoms with Crippen LogP contribution in [0.1, 0.15) is 0 Å². The van der Waals surface area contributed by atoms with Gasteiger partial charge in [0.15, 0.2) is 0 Å². The maximum atomic E-state index is 10.1. The predicted octanol–water partition coefficient (Wildman–Crippen LogP) is 6.50. The molecule has 0 aliphatic heterocycles. The van der Waals surface area contributed by atoms with Gasteiger partial charge in [-0.1, -0.05) is 36.4 Å². The lowest BCUT2D eigenvalue weighted by Crippen LogP contribution is -1.88. The van der Waals surface area contributed by atoms with Crippen LogP contribution in [0.3, 0.4) is 0 Å². The van der Waals surface area contributed by atoms with Crippen molar-refractivity contribution in [2.45, 2.75) is 0 Å². The minimum atomic E-state index is 0.396. The van der Waals surface area contributed by atoms with Crippen LogP contribution in [-0.4, -0.2) is 13.6 Å². The van der Waals surface area contributed by atoms with E-state index in [0.29, 0.717) is 18.0 Å². The zero-order chi connectivity index (χ0) is 21.7. The van der Waals surface area contributed by atoms with Gasteiger partial charge in [0.1, 0.15) is 34.5 Å². The van der Waals surface area contributed by atoms with E-state index in [0.717, 1.165) is 23.0 Å². The van der Waals surface area contributed by atoms with Crippen molar-refractivity contribution in [2.75, 3.05) is 7.11 Å². The van der Waals surface area contributed by atoms with Crippen LogP contribution in [0.5, 0.6) is 34.5 Å². The summed E-state index contributed by atoms with van der Waals surface area (Å²) in [6.07, 6.45) is 0. The first-order valence-electron chi connectivity index (χ1n) is 9.57. The average molecular weight is 414 g/mol. The fourth-order valence-electron chi connectivity index (χ4n) is 2.53. The Labute approximate surface area is 181 Å². The zero-order valence-corrected chi connectivity index (χ0v) is 17.0. The van der Waals surface area contributed by atoms with Crippen molar-refractivity contribution in [3.8, 4) is 34.5 Å². The van der Waals surface area contributed by atoms with Crippen molar-refractivity contribution >= 4 is 6.47 Å². The number of para-hydroxylation sites is 2. The molecule has 0 aliphatic rings. The van der Waals surface area contributed by atoms with Crippen LogP contribution in [0.4, 0.5) is 0 Å². The Kier molecular flexibility index (Phi) is 8.08. The molecule has 0 saturated carbocycles. The number of hydrogen-bond acceptors (Lipinski definition) is 5. The molecule has 0 aromatic heterocycles. The summed E-state index contributed by atoms with van der Waals surface area (Å²) in [6, 6.07) is 33.5. The Hall–Kier alpha value is -4.25. The molecule has 0 fully saturated rings. The zero-order valence-electron chi connectivity index (χ0n) is 17.0. The van der Waals surface area contributed by atoms with Crippen LogP contribution in [-0.2, 0) is 4.79 Å². The van der Waals surface area contributed by atoms with E-state index in [-0.39, 0.29) is 0 Å². The van der Waals surface area contributed by atoms with Crippen molar-refractivity contribution in [1.29, 1.82) is 0 Å². The quantitative estimate of drug-likeness (QED) is 0.323. The number of benzene rings is 4. The lowest BCUT2D eigenvalue weighted by molar-refractivity contribution is -0.120. The fourth-order valence-corrected chi connectivity index (χ4v) is 2.53. The predicted molar refractivity (Wildman–Crippen MR) is 119 cm³/mol. The van der Waals surface area contributed by atoms with Crippen LogP contribution in [0.15, 0.2) is 109 Å². The van der Waals surface area contributed by atoms with Gasteiger partial charge < -0.3 is 18.9 Å². The average Bonchev–Trinajstić information content (AvgIpc) is 2.83. The molecule has 0 bridgehead atoms. The molecule has 0 saturated heterocycles. The van der Waals surface area contributed by atoms with E-state index in [1.807, 2.05) is 84.9 Å². The Morgan fingerprint density at radius 2 is 0.839 bits per heavy atom. The lowest BCUT2D eigenvalue weighted by atomic mass is 10.3. The van der Waals surface area contributed by atoms with Crippen molar-refractivity contribution in [3.63, 3.8) is 0 Å². The van der Waals surface area contributed by atoms with E-state index in [1.54, 1.807) is 31.4 Å². The van der Waals surface area contributed by atoms with E-state index >= 15 is 0 Å². The molecule has 0 amide bonds. The molecule has 5 nitrogen and oxygen atoms in total. The third kappa shape index (κ3) is 7.25. The molecule has 0 heterocycles. The van der Waals surface area contributed by atoms with Gasteiger partial charge in [-0.25, -0.2) is 0 Å². The Morgan fingerprint density at radius 1 is 0.484 bits per heavy atom. The highest BCUT2D eigenvalue weighted by atomic mass is 16.5. The SMILES string of the molecule is COc1ccc(Oc2ccccc2)cc1.O=COc1ccc(Oc2ccccc2)cc1. The van der Waals surface area contributed by atoms with Gasteiger partial charge in [0.25, 0.3) is 6.47 Å². The number of carbonyl (C=O) groups is 1. The van der Waals surface area contributed by atoms with Gasteiger partial charge in [-0.3, -0.25) is 4.79 Å². The first kappa shape index (κ1) is 21.5. The van der Waals surface area contributed by atoms with Crippen LogP contribution < -0.4 is 18.9 Å². The molecule has 0 radical (unpaired) electrons. The van der Waals surface area contributed by atoms with Crippen LogP contribution in [0, 0.1) is 0 Å². The Morgan fingerprint density at radius 3 is 1.23 bits per heavy atom. The van der Waals surface area contributed by atoms with Gasteiger partial charge >= 0.3 is 0 Å². The summed E-state index contributed by atoms with van der Waals surface area (Å²) in [4.78, 5) is 10.1. The molecule has 4 rings (SSSR count). The summed E-state index contributed by atoms with van der Waals surface area (Å²) in [5, 5.41) is 0. The second-order valence-corrected chi connectivity index (χ2v) is 6.19. The van der Waals surface area contributed by atoms with Gasteiger partial charge in [0.05, 0.1) is 7.11 Å². The lowest BCUT2D eigenvalue weighted by Gasteiger charge is -2.05. The van der Waals surface area contributed by atoms with Gasteiger partial charge in [0.2, 0.25) is 0 Å². The standard InChI is InChI=1S/C13H10O3.C13H12O2/c14-10-15-11-6-8-13(9-7-11)16-12-4-2-1-3-5-12;1-14-11-7-9-13(10-8-11)15-12-5-3-2-4-6-12/h1-10H;2-10H,1H3. The summed E-state index contributed by atoms with van der Waals surface area (Å²) >= 11 is 0. The van der Waals surface area contributed by atoms with Crippen LogP contribution >= 0.6 is 0 Å². The molecule has 0 aliphatic carbocycles. The summed E-state index contributed by atoms with van der Waals surface area (Å²) in [6.45, 7) is 0.396. The molecular formula is C26H22O5. The van der Waals surface area contributed by atoms with E-state index < -0.39 is 0 Å². The molecule has 0 unspecified atom stereocenters. The monoisotopic (exact) mass is 414 g/mol. The maximum Gasteiger partial charge on any atom is 0.298 e. The summed E-state index contributed by atoms with van der Waals surface area (Å²) < 4.78 is 20.9. The minimum Gasteiger partial charge on any atom is -0.497 e. The Balaban J connectivity index is 0.000000176. The van der Waals surface area contributed by atoms with Gasteiger partial charge in [-0.15, -0.1) is 0 Å². The number of hydrogen-bond donors (Lipinski definition) is 0. The molecule has 31 heavy (non-hydrogen) atoms. The van der Waals surface area contributed by atoms with Gasteiger partial charge in [0, 0.05) is 0 Å². The van der Waals surface area contributed by atoms with E-state index in [4.69, 9.17) is 14.2 Å². The first-order chi connectivity index (χ1) is 15.3. The van der Waals surface area contributed by atoms with E-state index in [2.05, 4.69) is 4.74 Å². The van der Waals surface area contributed by atoms with Gasteiger partial charge in [-0.2, -0.15) is 0 Å². The molecule has 156 valence electrons. The summed E-state index contributed by atoms with van der Waals surface area (Å²) in [7, 11) is 1.65. The third-order valence-electron chi connectivity index (χ3n) is 4.03. The van der Waals surface area contributed by atoms with E-state index in [1.165, 1.54) is 0 Å². The van der Waals surface area contributed by atoms with Crippen molar-refractivity contribution < 1.29 is 23.7 Å². The highest BCUT2D eigenvalue weighted by Crippen LogP contribution is 2.24. The smallest absolute Gasteiger partial charge is 0.298 e. The topological polar surface area (TPSA) is 54.0 Å². The molecule has 5 heteroatoms. The van der Waals surface area contributed by atoms with Crippen LogP contribution in [0.25, 0.3) is 0 Å². The fraction of sp³-hybridized carbons (Fsp3) is 0.0385. The highest BCUT2D eigenvalue weighted by molar-refractivity contribution is 5.46. The minimum absolute atomic E-state index is 0.396. The number of methoxy groups -OCH3 is 1. The molecule has 4 aromatic rings. The van der Waals surface area contributed by atoms with E-state index in [9.17, 15) is 4.79 Å². The second-order valence-electron chi connectivity index (χ2n) is 6.19. The van der Waals surface area contributed by atoms with Crippen LogP contribution in [0.2, 0.25) is 0 Å². The molecule has 4 aromatic carbocycles. The summed E-state index contributed by atoms with van der Waals surface area (Å²) in [5.41, 5.74) is 0. The van der Waals surface area contributed by atoms with Crippen molar-refractivity contribution in [1.82, 2.24) is 0 Å². The number of carbonyl (C=O) groups excluding carboxylic acids is 1. The first-order valence-corrected chi connectivity index (χ1v) is 9.57.